The minimum atomic E-state index is -3.93. The molecule has 0 aliphatic carbocycles. The highest BCUT2D eigenvalue weighted by atomic mass is 79.9. The first-order valence-electron chi connectivity index (χ1n) is 12.3. The second-order valence-electron chi connectivity index (χ2n) is 9.00. The maximum atomic E-state index is 13.2. The van der Waals surface area contributed by atoms with Crippen LogP contribution in [0.15, 0.2) is 112 Å². The first-order valence-corrected chi connectivity index (χ1v) is 14.6. The molecule has 0 unspecified atom stereocenters. The Balaban J connectivity index is 1.43. The van der Waals surface area contributed by atoms with Gasteiger partial charge in [-0.25, -0.2) is 18.4 Å². The molecule has 0 bridgehead atoms. The van der Waals surface area contributed by atoms with E-state index in [2.05, 4.69) is 21.2 Å². The highest BCUT2D eigenvalue weighted by Gasteiger charge is 2.17. The molecule has 0 spiro atoms. The summed E-state index contributed by atoms with van der Waals surface area (Å²) >= 11 is 3.46. The smallest absolute Gasteiger partial charge is 0.338 e. The number of primary sulfonamides is 1. The van der Waals surface area contributed by atoms with Gasteiger partial charge in [-0.05, 0) is 71.6 Å². The minimum Gasteiger partial charge on any atom is -0.465 e. The van der Waals surface area contributed by atoms with E-state index in [1.54, 1.807) is 78.9 Å². The highest BCUT2D eigenvalue weighted by Crippen LogP contribution is 2.36. The zero-order chi connectivity index (χ0) is 29.1. The fraction of sp³-hybridized carbons (Fsp3) is 0.0323. The van der Waals surface area contributed by atoms with Gasteiger partial charge in [0, 0.05) is 21.0 Å². The Morgan fingerprint density at radius 3 is 2.24 bits per heavy atom. The van der Waals surface area contributed by atoms with Crippen molar-refractivity contribution in [2.24, 2.45) is 5.14 Å². The molecule has 206 valence electrons. The molecule has 10 heteroatoms. The number of hydrogen-bond donors (Lipinski definition) is 2. The number of nitrogens with one attached hydrogen (secondary N) is 1. The van der Waals surface area contributed by atoms with Crippen LogP contribution in [0.2, 0.25) is 0 Å². The number of nitrogens with two attached hydrogens (primary N) is 1. The maximum Gasteiger partial charge on any atom is 0.338 e. The van der Waals surface area contributed by atoms with E-state index in [9.17, 15) is 18.0 Å². The number of ether oxygens (including phenoxy) is 2. The Labute approximate surface area is 244 Å². The molecular weight excluding hydrogens is 608 g/mol. The van der Waals surface area contributed by atoms with E-state index in [1.807, 2.05) is 18.2 Å². The van der Waals surface area contributed by atoms with Crippen LogP contribution in [0.3, 0.4) is 0 Å². The summed E-state index contributed by atoms with van der Waals surface area (Å²) in [6.07, 6.45) is 0. The number of anilines is 1. The summed E-state index contributed by atoms with van der Waals surface area (Å²) in [5.74, 6) is -0.126. The Kier molecular flexibility index (Phi) is 7.89. The second-order valence-corrected chi connectivity index (χ2v) is 11.4. The van der Waals surface area contributed by atoms with E-state index < -0.39 is 21.9 Å². The van der Waals surface area contributed by atoms with Crippen molar-refractivity contribution in [2.75, 3.05) is 12.4 Å². The second kappa shape index (κ2) is 11.5. The molecule has 0 atom stereocenters. The molecule has 0 saturated heterocycles. The number of fused-ring (bicyclic) bond motifs is 1. The fourth-order valence-corrected chi connectivity index (χ4v) is 5.49. The number of sulfonamides is 1. The van der Waals surface area contributed by atoms with E-state index in [0.717, 1.165) is 15.2 Å². The van der Waals surface area contributed by atoms with E-state index in [-0.39, 0.29) is 4.90 Å². The number of rotatable bonds is 7. The predicted octanol–water partition coefficient (Wildman–Crippen LogP) is 6.75. The van der Waals surface area contributed by atoms with Gasteiger partial charge in [0.25, 0.3) is 5.91 Å². The molecule has 8 nitrogen and oxygen atoms in total. The SMILES string of the molecule is COC(=O)c1cc(Oc2ccccc2NC(=O)c2ccc(-c3ccccc3S(N)(=O)=O)cc2)c2ccc(Br)cc2c1. The number of halogens is 1. The lowest BCUT2D eigenvalue weighted by atomic mass is 10.0. The third kappa shape index (κ3) is 6.14. The number of esters is 1. The van der Waals surface area contributed by atoms with Gasteiger partial charge in [0.2, 0.25) is 10.0 Å². The van der Waals surface area contributed by atoms with Crippen molar-refractivity contribution in [2.45, 2.75) is 4.90 Å². The molecule has 3 N–H and O–H groups in total. The van der Waals surface area contributed by atoms with Crippen LogP contribution in [0.4, 0.5) is 5.69 Å². The summed E-state index contributed by atoms with van der Waals surface area (Å²) < 4.78 is 36.0. The van der Waals surface area contributed by atoms with Gasteiger partial charge in [-0.3, -0.25) is 4.79 Å². The van der Waals surface area contributed by atoms with Crippen molar-refractivity contribution in [1.29, 1.82) is 0 Å². The number of hydrogen-bond acceptors (Lipinski definition) is 6. The average Bonchev–Trinajstić information content (AvgIpc) is 2.97. The molecule has 0 aliphatic rings. The van der Waals surface area contributed by atoms with Gasteiger partial charge < -0.3 is 14.8 Å². The third-order valence-electron chi connectivity index (χ3n) is 6.30. The number of benzene rings is 5. The van der Waals surface area contributed by atoms with Gasteiger partial charge in [0.1, 0.15) is 5.75 Å². The molecule has 0 aliphatic heterocycles. The first-order chi connectivity index (χ1) is 19.6. The molecule has 0 aromatic heterocycles. The van der Waals surface area contributed by atoms with Crippen molar-refractivity contribution < 1.29 is 27.5 Å². The molecule has 5 aromatic rings. The molecule has 41 heavy (non-hydrogen) atoms. The van der Waals surface area contributed by atoms with Gasteiger partial charge in [-0.2, -0.15) is 0 Å². The molecule has 0 heterocycles. The lowest BCUT2D eigenvalue weighted by molar-refractivity contribution is 0.0600. The topological polar surface area (TPSA) is 125 Å². The van der Waals surface area contributed by atoms with Crippen LogP contribution in [0, 0.1) is 0 Å². The summed E-state index contributed by atoms with van der Waals surface area (Å²) in [7, 11) is -2.62. The molecular formula is C31H23BrN2O6S. The largest absolute Gasteiger partial charge is 0.465 e. The number of para-hydroxylation sites is 2. The number of carbonyl (C=O) groups is 2. The molecule has 5 aromatic carbocycles. The van der Waals surface area contributed by atoms with Crippen molar-refractivity contribution in [3.63, 3.8) is 0 Å². The van der Waals surface area contributed by atoms with Crippen LogP contribution in [0.1, 0.15) is 20.7 Å². The van der Waals surface area contributed by atoms with Crippen molar-refractivity contribution in [1.82, 2.24) is 0 Å². The van der Waals surface area contributed by atoms with E-state index in [4.69, 9.17) is 14.6 Å². The quantitative estimate of drug-likeness (QED) is 0.192. The van der Waals surface area contributed by atoms with Gasteiger partial charge in [0.05, 0.1) is 23.3 Å². The summed E-state index contributed by atoms with van der Waals surface area (Å²) in [5, 5.41) is 9.76. The normalized spacial score (nSPS) is 11.2. The average molecular weight is 632 g/mol. The Morgan fingerprint density at radius 2 is 1.51 bits per heavy atom. The van der Waals surface area contributed by atoms with Crippen LogP contribution in [-0.4, -0.2) is 27.4 Å². The molecule has 0 radical (unpaired) electrons. The predicted molar refractivity (Wildman–Crippen MR) is 161 cm³/mol. The van der Waals surface area contributed by atoms with Gasteiger partial charge in [0.15, 0.2) is 5.75 Å². The molecule has 1 amide bonds. The number of methoxy groups -OCH3 is 1. The van der Waals surface area contributed by atoms with Crippen molar-refractivity contribution in [3.05, 3.63) is 119 Å². The van der Waals surface area contributed by atoms with Gasteiger partial charge in [-0.1, -0.05) is 58.4 Å². The van der Waals surface area contributed by atoms with Crippen LogP contribution >= 0.6 is 15.9 Å². The summed E-state index contributed by atoms with van der Waals surface area (Å²) in [6, 6.07) is 28.8. The van der Waals surface area contributed by atoms with Gasteiger partial charge in [-0.15, -0.1) is 0 Å². The Bertz CT molecular complexity index is 1910. The molecule has 0 saturated carbocycles. The fourth-order valence-electron chi connectivity index (χ4n) is 4.35. The van der Waals surface area contributed by atoms with E-state index >= 15 is 0 Å². The van der Waals surface area contributed by atoms with Crippen LogP contribution in [0.5, 0.6) is 11.5 Å². The van der Waals surface area contributed by atoms with Crippen LogP contribution in [0.25, 0.3) is 21.9 Å². The van der Waals surface area contributed by atoms with Crippen LogP contribution in [-0.2, 0) is 14.8 Å². The van der Waals surface area contributed by atoms with Crippen molar-refractivity contribution in [3.8, 4) is 22.6 Å². The Hall–Kier alpha value is -4.51. The lowest BCUT2D eigenvalue weighted by Gasteiger charge is -2.15. The number of carbonyl (C=O) groups excluding carboxylic acids is 2. The monoisotopic (exact) mass is 630 g/mol. The highest BCUT2D eigenvalue weighted by molar-refractivity contribution is 9.10. The van der Waals surface area contributed by atoms with Gasteiger partial charge >= 0.3 is 5.97 Å². The summed E-state index contributed by atoms with van der Waals surface area (Å²) in [6.45, 7) is 0. The summed E-state index contributed by atoms with van der Waals surface area (Å²) in [4.78, 5) is 25.5. The Morgan fingerprint density at radius 1 is 0.805 bits per heavy atom. The lowest BCUT2D eigenvalue weighted by Crippen LogP contribution is -2.13. The first kappa shape index (κ1) is 28.0. The zero-order valence-electron chi connectivity index (χ0n) is 21.6. The zero-order valence-corrected chi connectivity index (χ0v) is 24.0. The standard InChI is InChI=1S/C31H23BrN2O6S/c1-39-31(36)22-16-21-17-23(32)14-15-24(21)28(18-22)40-27-8-4-3-7-26(27)34-30(35)20-12-10-19(11-13-20)25-6-2-5-9-29(25)41(33,37)38/h2-18H,1H3,(H,34,35)(H2,33,37,38). The molecule has 0 fully saturated rings. The number of amides is 1. The van der Waals surface area contributed by atoms with Crippen molar-refractivity contribution >= 4 is 54.3 Å². The molecule has 5 rings (SSSR count). The maximum absolute atomic E-state index is 13.2. The third-order valence-corrected chi connectivity index (χ3v) is 7.77. The minimum absolute atomic E-state index is 0.000530. The van der Waals surface area contributed by atoms with E-state index in [0.29, 0.717) is 39.4 Å². The summed E-state index contributed by atoms with van der Waals surface area (Å²) in [5.41, 5.74) is 2.11. The van der Waals surface area contributed by atoms with Crippen LogP contribution < -0.4 is 15.2 Å². The van der Waals surface area contributed by atoms with E-state index in [1.165, 1.54) is 13.2 Å².